The Morgan fingerprint density at radius 3 is 2.52 bits per heavy atom. The van der Waals surface area contributed by atoms with Crippen LogP contribution in [0.5, 0.6) is 0 Å². The molecule has 0 unspecified atom stereocenters. The molecule has 0 saturated heterocycles. The van der Waals surface area contributed by atoms with Crippen molar-refractivity contribution in [1.29, 1.82) is 0 Å². The molecule has 6 heteroatoms. The first-order valence-corrected chi connectivity index (χ1v) is 8.12. The van der Waals surface area contributed by atoms with E-state index in [-0.39, 0.29) is 18.0 Å². The van der Waals surface area contributed by atoms with E-state index >= 15 is 0 Å². The van der Waals surface area contributed by atoms with E-state index in [0.29, 0.717) is 42.6 Å². The van der Waals surface area contributed by atoms with Crippen molar-refractivity contribution in [1.82, 2.24) is 5.32 Å². The molecule has 1 fully saturated rings. The lowest BCUT2D eigenvalue weighted by molar-refractivity contribution is -0.138. The molecule has 1 aromatic rings. The van der Waals surface area contributed by atoms with Gasteiger partial charge in [-0.1, -0.05) is 12.8 Å². The van der Waals surface area contributed by atoms with Crippen LogP contribution in [-0.4, -0.2) is 28.3 Å². The maximum atomic E-state index is 12.6. The second-order valence-electron chi connectivity index (χ2n) is 6.64. The standard InChI is InChI=1S/C17H21NO5/c1-10-14-11(19)5-4-6-12(14)23-15(10)16(22)18-17(9-13(20)21)7-2-3-8-17/h2-9H2,1H3,(H,18,22)(H,20,21). The van der Waals surface area contributed by atoms with E-state index in [1.54, 1.807) is 6.92 Å². The summed E-state index contributed by atoms with van der Waals surface area (Å²) < 4.78 is 5.65. The predicted octanol–water partition coefficient (Wildman–Crippen LogP) is 2.62. The van der Waals surface area contributed by atoms with E-state index in [2.05, 4.69) is 5.32 Å². The van der Waals surface area contributed by atoms with Crippen LogP contribution in [0, 0.1) is 6.92 Å². The van der Waals surface area contributed by atoms with Crippen molar-refractivity contribution in [3.05, 3.63) is 22.6 Å². The number of carboxylic acid groups (broad SMARTS) is 1. The van der Waals surface area contributed by atoms with Crippen LogP contribution in [0.2, 0.25) is 0 Å². The lowest BCUT2D eigenvalue weighted by Gasteiger charge is -2.28. The Balaban J connectivity index is 1.86. The first kappa shape index (κ1) is 15.8. The fourth-order valence-electron chi connectivity index (χ4n) is 3.85. The van der Waals surface area contributed by atoms with E-state index in [4.69, 9.17) is 9.52 Å². The highest BCUT2D eigenvalue weighted by molar-refractivity contribution is 6.03. The van der Waals surface area contributed by atoms with Gasteiger partial charge in [-0.15, -0.1) is 0 Å². The summed E-state index contributed by atoms with van der Waals surface area (Å²) in [6.45, 7) is 1.72. The maximum absolute atomic E-state index is 12.6. The molecule has 23 heavy (non-hydrogen) atoms. The predicted molar refractivity (Wildman–Crippen MR) is 81.6 cm³/mol. The molecule has 2 aliphatic carbocycles. The average molecular weight is 319 g/mol. The normalized spacial score (nSPS) is 19.4. The van der Waals surface area contributed by atoms with E-state index in [0.717, 1.165) is 19.3 Å². The number of carbonyl (C=O) groups is 3. The third-order valence-corrected chi connectivity index (χ3v) is 4.94. The largest absolute Gasteiger partial charge is 0.481 e. The van der Waals surface area contributed by atoms with Crippen LogP contribution in [0.25, 0.3) is 0 Å². The smallest absolute Gasteiger partial charge is 0.305 e. The van der Waals surface area contributed by atoms with Crippen molar-refractivity contribution in [2.24, 2.45) is 0 Å². The molecule has 2 aliphatic rings. The lowest BCUT2D eigenvalue weighted by Crippen LogP contribution is -2.47. The Morgan fingerprint density at radius 1 is 1.22 bits per heavy atom. The van der Waals surface area contributed by atoms with E-state index in [1.165, 1.54) is 0 Å². The molecule has 1 heterocycles. The van der Waals surface area contributed by atoms with E-state index < -0.39 is 17.4 Å². The Hall–Kier alpha value is -2.11. The number of amides is 1. The maximum Gasteiger partial charge on any atom is 0.305 e. The lowest BCUT2D eigenvalue weighted by atomic mass is 9.92. The van der Waals surface area contributed by atoms with Gasteiger partial charge in [0.05, 0.1) is 17.5 Å². The summed E-state index contributed by atoms with van der Waals surface area (Å²) in [5, 5.41) is 12.0. The summed E-state index contributed by atoms with van der Waals surface area (Å²) >= 11 is 0. The second kappa shape index (κ2) is 5.83. The van der Waals surface area contributed by atoms with Gasteiger partial charge in [-0.2, -0.15) is 0 Å². The van der Waals surface area contributed by atoms with Crippen molar-refractivity contribution < 1.29 is 23.9 Å². The highest BCUT2D eigenvalue weighted by Crippen LogP contribution is 2.34. The average Bonchev–Trinajstić information content (AvgIpc) is 3.04. The highest BCUT2D eigenvalue weighted by Gasteiger charge is 2.39. The number of aliphatic carboxylic acids is 1. The van der Waals surface area contributed by atoms with Gasteiger partial charge in [-0.25, -0.2) is 0 Å². The van der Waals surface area contributed by atoms with Gasteiger partial charge in [0, 0.05) is 18.4 Å². The van der Waals surface area contributed by atoms with Gasteiger partial charge in [0.2, 0.25) is 0 Å². The van der Waals surface area contributed by atoms with Crippen LogP contribution in [0.15, 0.2) is 4.42 Å². The zero-order valence-electron chi connectivity index (χ0n) is 13.2. The molecule has 1 saturated carbocycles. The molecule has 0 radical (unpaired) electrons. The third-order valence-electron chi connectivity index (χ3n) is 4.94. The molecule has 124 valence electrons. The summed E-state index contributed by atoms with van der Waals surface area (Å²) in [6.07, 6.45) is 4.92. The number of fused-ring (bicyclic) bond motifs is 1. The Labute approximate surface area is 134 Å². The molecule has 1 aromatic heterocycles. The van der Waals surface area contributed by atoms with Crippen LogP contribution in [0.3, 0.4) is 0 Å². The first-order valence-electron chi connectivity index (χ1n) is 8.12. The number of nitrogens with one attached hydrogen (secondary N) is 1. The van der Waals surface area contributed by atoms with Gasteiger partial charge in [0.25, 0.3) is 5.91 Å². The number of furan rings is 1. The number of rotatable bonds is 4. The van der Waals surface area contributed by atoms with Gasteiger partial charge in [0.1, 0.15) is 5.76 Å². The van der Waals surface area contributed by atoms with Gasteiger partial charge in [-0.3, -0.25) is 14.4 Å². The first-order chi connectivity index (χ1) is 10.9. The molecular weight excluding hydrogens is 298 g/mol. The SMILES string of the molecule is Cc1c(C(=O)NC2(CC(=O)O)CCCC2)oc2c1C(=O)CCC2. The number of Topliss-reactive ketones (excluding diaryl/α,β-unsaturated/α-hetero) is 1. The number of hydrogen-bond acceptors (Lipinski definition) is 4. The molecule has 0 aliphatic heterocycles. The van der Waals surface area contributed by atoms with Crippen LogP contribution in [0.1, 0.15) is 77.2 Å². The number of carbonyl (C=O) groups excluding carboxylic acids is 2. The Morgan fingerprint density at radius 2 is 1.91 bits per heavy atom. The number of ketones is 1. The fraction of sp³-hybridized carbons (Fsp3) is 0.588. The van der Waals surface area contributed by atoms with Crippen molar-refractivity contribution in [3.63, 3.8) is 0 Å². The van der Waals surface area contributed by atoms with Crippen molar-refractivity contribution >= 4 is 17.7 Å². The molecule has 6 nitrogen and oxygen atoms in total. The Kier molecular flexibility index (Phi) is 4.00. The van der Waals surface area contributed by atoms with Crippen LogP contribution < -0.4 is 5.32 Å². The minimum atomic E-state index is -0.919. The van der Waals surface area contributed by atoms with Gasteiger partial charge in [-0.05, 0) is 26.2 Å². The summed E-state index contributed by atoms with van der Waals surface area (Å²) in [6, 6.07) is 0. The molecule has 2 N–H and O–H groups in total. The van der Waals surface area contributed by atoms with Gasteiger partial charge >= 0.3 is 5.97 Å². The minimum Gasteiger partial charge on any atom is -0.481 e. The number of hydrogen-bond donors (Lipinski definition) is 2. The van der Waals surface area contributed by atoms with Crippen molar-refractivity contribution in [2.75, 3.05) is 0 Å². The van der Waals surface area contributed by atoms with Crippen LogP contribution in [0.4, 0.5) is 0 Å². The summed E-state index contributed by atoms with van der Waals surface area (Å²) in [7, 11) is 0. The molecule has 0 bridgehead atoms. The quantitative estimate of drug-likeness (QED) is 0.889. The van der Waals surface area contributed by atoms with Crippen molar-refractivity contribution in [3.8, 4) is 0 Å². The molecule has 0 aromatic carbocycles. The molecular formula is C17H21NO5. The van der Waals surface area contributed by atoms with Crippen LogP contribution in [-0.2, 0) is 11.2 Å². The van der Waals surface area contributed by atoms with E-state index in [1.807, 2.05) is 0 Å². The van der Waals surface area contributed by atoms with Gasteiger partial charge < -0.3 is 14.8 Å². The summed E-state index contributed by atoms with van der Waals surface area (Å²) in [4.78, 5) is 35.8. The van der Waals surface area contributed by atoms with E-state index in [9.17, 15) is 14.4 Å². The van der Waals surface area contributed by atoms with Crippen molar-refractivity contribution in [2.45, 2.75) is 63.8 Å². The summed E-state index contributed by atoms with van der Waals surface area (Å²) in [5.41, 5.74) is 0.415. The topological polar surface area (TPSA) is 96.6 Å². The molecule has 3 rings (SSSR count). The summed E-state index contributed by atoms with van der Waals surface area (Å²) in [5.74, 6) is -0.567. The number of carboxylic acids is 1. The minimum absolute atomic E-state index is 0.0210. The van der Waals surface area contributed by atoms with Gasteiger partial charge in [0.15, 0.2) is 11.5 Å². The zero-order valence-corrected chi connectivity index (χ0v) is 13.2. The molecule has 0 atom stereocenters. The van der Waals surface area contributed by atoms with Crippen LogP contribution >= 0.6 is 0 Å². The second-order valence-corrected chi connectivity index (χ2v) is 6.64. The Bertz CT molecular complexity index is 667. The molecule has 1 amide bonds. The monoisotopic (exact) mass is 319 g/mol. The highest BCUT2D eigenvalue weighted by atomic mass is 16.4. The molecule has 0 spiro atoms. The third kappa shape index (κ3) is 2.90. The zero-order chi connectivity index (χ0) is 16.6. The fourth-order valence-corrected chi connectivity index (χ4v) is 3.85. The number of aryl methyl sites for hydroxylation is 1.